The molecule has 8 nitrogen and oxygen atoms in total. The van der Waals surface area contributed by atoms with Gasteiger partial charge in [-0.2, -0.15) is 4.31 Å². The molecule has 0 spiro atoms. The van der Waals surface area contributed by atoms with Gasteiger partial charge in [0.1, 0.15) is 16.7 Å². The van der Waals surface area contributed by atoms with Gasteiger partial charge in [-0.1, -0.05) is 42.8 Å². The van der Waals surface area contributed by atoms with Gasteiger partial charge in [-0.25, -0.2) is 21.1 Å². The maximum Gasteiger partial charge on any atom is 0.247 e. The third-order valence-corrected chi connectivity index (χ3v) is 9.36. The third kappa shape index (κ3) is 5.58. The first-order chi connectivity index (χ1) is 15.3. The quantitative estimate of drug-likeness (QED) is 0.658. The van der Waals surface area contributed by atoms with Gasteiger partial charge < -0.3 is 9.84 Å². The number of hydrogen-bond acceptors (Lipinski definition) is 6. The zero-order chi connectivity index (χ0) is 24.6. The van der Waals surface area contributed by atoms with Crippen LogP contribution in [0, 0.1) is 12.8 Å². The van der Waals surface area contributed by atoms with E-state index in [1.165, 1.54) is 21.7 Å². The Balaban J connectivity index is 2.14. The standard InChI is InChI=1S/C23H32N2O6S2/c1-16-6-8-19(9-7-16)20-10-11-23-21(12-20)31-22(14-24(4)32(5,27)28)17(2)13-25(18(3)15-26)33(23,29)30/h6-12,17-18,22,26H,13-15H2,1-5H3/t17-,18-,22-/m0/s1. The molecule has 2 aromatic carbocycles. The largest absolute Gasteiger partial charge is 0.487 e. The van der Waals surface area contributed by atoms with Crippen LogP contribution in [0.1, 0.15) is 19.4 Å². The number of likely N-dealkylation sites (N-methyl/N-ethyl adjacent to an activating group) is 1. The van der Waals surface area contributed by atoms with Crippen molar-refractivity contribution in [3.05, 3.63) is 48.0 Å². The second-order valence-corrected chi connectivity index (χ2v) is 12.8. The number of aliphatic hydroxyl groups is 1. The number of ether oxygens (including phenoxy) is 1. The second kappa shape index (κ2) is 9.71. The predicted molar refractivity (Wildman–Crippen MR) is 128 cm³/mol. The fourth-order valence-corrected chi connectivity index (χ4v) is 6.00. The highest BCUT2D eigenvalue weighted by atomic mass is 32.2. The lowest BCUT2D eigenvalue weighted by atomic mass is 10.0. The lowest BCUT2D eigenvalue weighted by molar-refractivity contribution is 0.0906. The molecule has 2 aromatic rings. The van der Waals surface area contributed by atoms with E-state index >= 15 is 0 Å². The van der Waals surface area contributed by atoms with Gasteiger partial charge in [0.15, 0.2) is 0 Å². The summed E-state index contributed by atoms with van der Waals surface area (Å²) in [6, 6.07) is 12.1. The summed E-state index contributed by atoms with van der Waals surface area (Å²) in [5.41, 5.74) is 2.80. The molecule has 0 amide bonds. The number of hydrogen-bond donors (Lipinski definition) is 1. The number of aryl methyl sites for hydroxylation is 1. The van der Waals surface area contributed by atoms with E-state index in [1.54, 1.807) is 19.1 Å². The molecular formula is C23H32N2O6S2. The minimum atomic E-state index is -3.96. The molecule has 0 unspecified atom stereocenters. The van der Waals surface area contributed by atoms with E-state index in [2.05, 4.69) is 0 Å². The molecule has 3 rings (SSSR count). The topological polar surface area (TPSA) is 104 Å². The van der Waals surface area contributed by atoms with E-state index in [0.717, 1.165) is 22.9 Å². The van der Waals surface area contributed by atoms with E-state index < -0.39 is 32.2 Å². The van der Waals surface area contributed by atoms with Gasteiger partial charge >= 0.3 is 0 Å². The smallest absolute Gasteiger partial charge is 0.247 e. The molecule has 1 heterocycles. The summed E-state index contributed by atoms with van der Waals surface area (Å²) < 4.78 is 59.8. The Labute approximate surface area is 196 Å². The van der Waals surface area contributed by atoms with Crippen LogP contribution in [0.15, 0.2) is 47.4 Å². The van der Waals surface area contributed by atoms with Gasteiger partial charge in [-0.3, -0.25) is 0 Å². The maximum atomic E-state index is 13.5. The first-order valence-electron chi connectivity index (χ1n) is 10.8. The van der Waals surface area contributed by atoms with E-state index in [9.17, 15) is 21.9 Å². The maximum absolute atomic E-state index is 13.5. The summed E-state index contributed by atoms with van der Waals surface area (Å²) in [5, 5.41) is 9.72. The van der Waals surface area contributed by atoms with Crippen LogP contribution >= 0.6 is 0 Å². The molecule has 1 N–H and O–H groups in total. The van der Waals surface area contributed by atoms with Crippen molar-refractivity contribution in [1.29, 1.82) is 0 Å². The van der Waals surface area contributed by atoms with Gasteiger partial charge in [-0.05, 0) is 37.1 Å². The predicted octanol–water partition coefficient (Wildman–Crippen LogP) is 2.32. The van der Waals surface area contributed by atoms with Crippen LogP contribution < -0.4 is 4.74 Å². The van der Waals surface area contributed by atoms with Crippen molar-refractivity contribution in [2.24, 2.45) is 5.92 Å². The highest BCUT2D eigenvalue weighted by Gasteiger charge is 2.38. The number of fused-ring (bicyclic) bond motifs is 1. The molecule has 0 saturated carbocycles. The zero-order valence-electron chi connectivity index (χ0n) is 19.6. The Hall–Kier alpha value is -1.98. The van der Waals surface area contributed by atoms with Crippen LogP contribution in [-0.4, -0.2) is 75.7 Å². The first-order valence-corrected chi connectivity index (χ1v) is 14.0. The van der Waals surface area contributed by atoms with Crippen LogP contribution in [-0.2, 0) is 20.0 Å². The molecule has 10 heteroatoms. The lowest BCUT2D eigenvalue weighted by Crippen LogP contribution is -2.50. The summed E-state index contributed by atoms with van der Waals surface area (Å²) in [4.78, 5) is -0.00225. The molecule has 182 valence electrons. The summed E-state index contributed by atoms with van der Waals surface area (Å²) in [6.07, 6.45) is 0.523. The van der Waals surface area contributed by atoms with Crippen molar-refractivity contribution in [3.63, 3.8) is 0 Å². The van der Waals surface area contributed by atoms with Gasteiger partial charge in [0.2, 0.25) is 20.0 Å². The summed E-state index contributed by atoms with van der Waals surface area (Å²) in [7, 11) is -5.94. The highest BCUT2D eigenvalue weighted by molar-refractivity contribution is 7.89. The van der Waals surface area contributed by atoms with E-state index in [1.807, 2.05) is 38.1 Å². The zero-order valence-corrected chi connectivity index (χ0v) is 21.2. The molecule has 3 atom stereocenters. The van der Waals surface area contributed by atoms with Crippen LogP contribution in [0.4, 0.5) is 0 Å². The lowest BCUT2D eigenvalue weighted by Gasteiger charge is -2.37. The third-order valence-electron chi connectivity index (χ3n) is 6.06. The van der Waals surface area contributed by atoms with Crippen LogP contribution in [0.5, 0.6) is 5.75 Å². The molecule has 1 aliphatic rings. The van der Waals surface area contributed by atoms with Crippen LogP contribution in [0.3, 0.4) is 0 Å². The monoisotopic (exact) mass is 496 g/mol. The fourth-order valence-electron chi connectivity index (χ4n) is 3.76. The first kappa shape index (κ1) is 25.6. The Kier molecular flexibility index (Phi) is 7.55. The molecule has 0 fully saturated rings. The van der Waals surface area contributed by atoms with Gasteiger partial charge in [0, 0.05) is 25.6 Å². The number of sulfonamides is 2. The molecule has 0 saturated heterocycles. The molecule has 1 aliphatic heterocycles. The highest BCUT2D eigenvalue weighted by Crippen LogP contribution is 2.36. The Bertz CT molecular complexity index is 1200. The molecule has 0 bridgehead atoms. The Morgan fingerprint density at radius 2 is 1.79 bits per heavy atom. The molecule has 0 radical (unpaired) electrons. The minimum Gasteiger partial charge on any atom is -0.487 e. The summed E-state index contributed by atoms with van der Waals surface area (Å²) in [6.45, 7) is 5.27. The number of rotatable bonds is 6. The van der Waals surface area contributed by atoms with Crippen LogP contribution in [0.2, 0.25) is 0 Å². The molecule has 0 aliphatic carbocycles. The van der Waals surface area contributed by atoms with Gasteiger partial charge in [-0.15, -0.1) is 0 Å². The Morgan fingerprint density at radius 1 is 1.18 bits per heavy atom. The van der Waals surface area contributed by atoms with Crippen molar-refractivity contribution in [3.8, 4) is 16.9 Å². The van der Waals surface area contributed by atoms with E-state index in [0.29, 0.717) is 0 Å². The number of benzene rings is 2. The van der Waals surface area contributed by atoms with E-state index in [-0.39, 0.29) is 36.3 Å². The number of aliphatic hydroxyl groups excluding tert-OH is 1. The summed E-state index contributed by atoms with van der Waals surface area (Å²) in [5.74, 6) is -0.171. The van der Waals surface area contributed by atoms with Gasteiger partial charge in [0.05, 0.1) is 19.4 Å². The van der Waals surface area contributed by atoms with Crippen molar-refractivity contribution in [2.45, 2.75) is 37.8 Å². The molecule has 33 heavy (non-hydrogen) atoms. The Morgan fingerprint density at radius 3 is 2.36 bits per heavy atom. The minimum absolute atomic E-state index is 0.00225. The van der Waals surface area contributed by atoms with Crippen molar-refractivity contribution in [1.82, 2.24) is 8.61 Å². The van der Waals surface area contributed by atoms with Crippen molar-refractivity contribution in [2.75, 3.05) is 33.0 Å². The van der Waals surface area contributed by atoms with E-state index in [4.69, 9.17) is 4.74 Å². The SMILES string of the molecule is Cc1ccc(-c2ccc3c(c2)O[C@@H](CN(C)S(C)(=O)=O)[C@@H](C)CN([C@@H](C)CO)S3(=O)=O)cc1. The fraction of sp³-hybridized carbons (Fsp3) is 0.478. The molecular weight excluding hydrogens is 464 g/mol. The van der Waals surface area contributed by atoms with Crippen LogP contribution in [0.25, 0.3) is 11.1 Å². The number of nitrogens with zero attached hydrogens (tertiary/aromatic N) is 2. The van der Waals surface area contributed by atoms with Gasteiger partial charge in [0.25, 0.3) is 0 Å². The van der Waals surface area contributed by atoms with Crippen molar-refractivity contribution < 1.29 is 26.7 Å². The molecule has 0 aromatic heterocycles. The second-order valence-electron chi connectivity index (χ2n) is 8.81. The van der Waals surface area contributed by atoms with Crippen molar-refractivity contribution >= 4 is 20.0 Å². The average Bonchev–Trinajstić information content (AvgIpc) is 2.75. The normalized spacial score (nSPS) is 22.2. The average molecular weight is 497 g/mol. The summed E-state index contributed by atoms with van der Waals surface area (Å²) >= 11 is 0.